The molecule has 1 unspecified atom stereocenters. The van der Waals surface area contributed by atoms with Crippen LogP contribution in [0, 0.1) is 0 Å². The summed E-state index contributed by atoms with van der Waals surface area (Å²) in [6, 6.07) is 7.93. The highest BCUT2D eigenvalue weighted by Gasteiger charge is 2.28. The lowest BCUT2D eigenvalue weighted by atomic mass is 9.89. The number of hydrogen-bond donors (Lipinski definition) is 2. The third kappa shape index (κ3) is 5.53. The van der Waals surface area contributed by atoms with Crippen LogP contribution in [-0.2, 0) is 14.4 Å². The highest BCUT2D eigenvalue weighted by molar-refractivity contribution is 5.99. The average molecular weight is 373 g/mol. The van der Waals surface area contributed by atoms with E-state index in [2.05, 4.69) is 22.3 Å². The minimum atomic E-state index is -0.600. The number of likely N-dealkylation sites (tertiary alicyclic amines) is 1. The molecule has 0 radical (unpaired) electrons. The number of imide groups is 1. The van der Waals surface area contributed by atoms with Crippen LogP contribution >= 0.6 is 0 Å². The van der Waals surface area contributed by atoms with Gasteiger partial charge in [-0.05, 0) is 62.5 Å². The smallest absolute Gasteiger partial charge is 0.267 e. The molecule has 1 aromatic rings. The standard InChI is InChI=1S/C20H27N3O4/c21-18(24)2-1-11-23-12-9-15(10-13-23)14-3-5-16(6-4-14)27-17-7-8-19(25)22-20(17)26/h3-6,15,17H,1-2,7-13H2,(H2,21,24)(H,22,25,26). The fraction of sp³-hybridized carbons (Fsp3) is 0.550. The number of benzene rings is 1. The van der Waals surface area contributed by atoms with Crippen LogP contribution in [-0.4, -0.2) is 48.4 Å². The van der Waals surface area contributed by atoms with Gasteiger partial charge in [0.2, 0.25) is 11.8 Å². The number of carbonyl (C=O) groups is 3. The van der Waals surface area contributed by atoms with Gasteiger partial charge in [-0.25, -0.2) is 0 Å². The fourth-order valence-corrected chi connectivity index (χ4v) is 3.74. The van der Waals surface area contributed by atoms with Crippen LogP contribution < -0.4 is 15.8 Å². The van der Waals surface area contributed by atoms with Crippen molar-refractivity contribution in [3.8, 4) is 5.75 Å². The summed E-state index contributed by atoms with van der Waals surface area (Å²) in [4.78, 5) is 36.2. The molecule has 7 nitrogen and oxygen atoms in total. The normalized spacial score (nSPS) is 21.7. The number of hydrogen-bond acceptors (Lipinski definition) is 5. The highest BCUT2D eigenvalue weighted by atomic mass is 16.5. The number of primary amides is 1. The second-order valence-electron chi connectivity index (χ2n) is 7.31. The minimum absolute atomic E-state index is 0.232. The van der Waals surface area contributed by atoms with E-state index in [1.807, 2.05) is 12.1 Å². The first-order valence-corrected chi connectivity index (χ1v) is 9.62. The number of nitrogens with two attached hydrogens (primary N) is 1. The topological polar surface area (TPSA) is 102 Å². The zero-order valence-electron chi connectivity index (χ0n) is 15.5. The Kier molecular flexibility index (Phi) is 6.45. The summed E-state index contributed by atoms with van der Waals surface area (Å²) in [6.07, 6.45) is 3.58. The predicted molar refractivity (Wildman–Crippen MR) is 100 cm³/mol. The molecule has 1 aromatic carbocycles. The molecule has 2 aliphatic heterocycles. The Morgan fingerprint density at radius 3 is 2.48 bits per heavy atom. The molecule has 27 heavy (non-hydrogen) atoms. The number of nitrogens with one attached hydrogen (secondary N) is 1. The molecule has 146 valence electrons. The summed E-state index contributed by atoms with van der Waals surface area (Å²) in [5.41, 5.74) is 6.47. The molecule has 3 N–H and O–H groups in total. The number of amides is 3. The Balaban J connectivity index is 1.46. The first-order valence-electron chi connectivity index (χ1n) is 9.62. The zero-order chi connectivity index (χ0) is 19.2. The molecular formula is C20H27N3O4. The number of carbonyl (C=O) groups excluding carboxylic acids is 3. The molecule has 0 bridgehead atoms. The van der Waals surface area contributed by atoms with E-state index in [4.69, 9.17) is 10.5 Å². The minimum Gasteiger partial charge on any atom is -0.481 e. The molecule has 7 heteroatoms. The number of rotatable bonds is 7. The van der Waals surface area contributed by atoms with E-state index in [9.17, 15) is 14.4 Å². The SMILES string of the molecule is NC(=O)CCCN1CCC(c2ccc(OC3CCC(=O)NC3=O)cc2)CC1. The van der Waals surface area contributed by atoms with Gasteiger partial charge in [-0.15, -0.1) is 0 Å². The lowest BCUT2D eigenvalue weighted by Crippen LogP contribution is -2.46. The van der Waals surface area contributed by atoms with Gasteiger partial charge in [-0.3, -0.25) is 19.7 Å². The molecule has 0 saturated carbocycles. The first kappa shape index (κ1) is 19.4. The maximum atomic E-state index is 11.8. The molecule has 0 aromatic heterocycles. The Labute approximate surface area is 159 Å². The Morgan fingerprint density at radius 1 is 1.15 bits per heavy atom. The van der Waals surface area contributed by atoms with Crippen molar-refractivity contribution < 1.29 is 19.1 Å². The highest BCUT2D eigenvalue weighted by Crippen LogP contribution is 2.29. The van der Waals surface area contributed by atoms with Crippen LogP contribution in [0.3, 0.4) is 0 Å². The van der Waals surface area contributed by atoms with Crippen LogP contribution in [0.4, 0.5) is 0 Å². The van der Waals surface area contributed by atoms with Gasteiger partial charge in [0.1, 0.15) is 5.75 Å². The van der Waals surface area contributed by atoms with E-state index >= 15 is 0 Å². The molecule has 1 atom stereocenters. The van der Waals surface area contributed by atoms with Crippen LogP contribution in [0.5, 0.6) is 5.75 Å². The summed E-state index contributed by atoms with van der Waals surface area (Å²) < 4.78 is 5.73. The van der Waals surface area contributed by atoms with Crippen molar-refractivity contribution in [2.24, 2.45) is 5.73 Å². The molecule has 3 amide bonds. The largest absolute Gasteiger partial charge is 0.481 e. The second kappa shape index (κ2) is 8.99. The molecule has 0 spiro atoms. The maximum Gasteiger partial charge on any atom is 0.267 e. The Hall–Kier alpha value is -2.41. The van der Waals surface area contributed by atoms with E-state index in [1.165, 1.54) is 5.56 Å². The Morgan fingerprint density at radius 2 is 1.85 bits per heavy atom. The first-order chi connectivity index (χ1) is 13.0. The average Bonchev–Trinajstić information content (AvgIpc) is 2.65. The monoisotopic (exact) mass is 373 g/mol. The van der Waals surface area contributed by atoms with Gasteiger partial charge in [0, 0.05) is 19.3 Å². The van der Waals surface area contributed by atoms with Crippen molar-refractivity contribution in [2.75, 3.05) is 19.6 Å². The zero-order valence-corrected chi connectivity index (χ0v) is 15.5. The summed E-state index contributed by atoms with van der Waals surface area (Å²) in [6.45, 7) is 2.98. The number of nitrogens with zero attached hydrogens (tertiary/aromatic N) is 1. The van der Waals surface area contributed by atoms with E-state index in [1.54, 1.807) is 0 Å². The van der Waals surface area contributed by atoms with Gasteiger partial charge in [0.25, 0.3) is 5.91 Å². The lowest BCUT2D eigenvalue weighted by Gasteiger charge is -2.32. The van der Waals surface area contributed by atoms with E-state index < -0.39 is 6.10 Å². The van der Waals surface area contributed by atoms with Crippen molar-refractivity contribution in [1.82, 2.24) is 10.2 Å². The molecule has 2 fully saturated rings. The van der Waals surface area contributed by atoms with Gasteiger partial charge in [0.15, 0.2) is 6.10 Å². The molecular weight excluding hydrogens is 346 g/mol. The van der Waals surface area contributed by atoms with E-state index in [0.717, 1.165) is 38.9 Å². The molecule has 2 aliphatic rings. The quantitative estimate of drug-likeness (QED) is 0.702. The summed E-state index contributed by atoms with van der Waals surface area (Å²) in [7, 11) is 0. The van der Waals surface area contributed by atoms with Crippen molar-refractivity contribution in [3.05, 3.63) is 29.8 Å². The third-order valence-corrected chi connectivity index (χ3v) is 5.30. The fourth-order valence-electron chi connectivity index (χ4n) is 3.74. The van der Waals surface area contributed by atoms with Crippen molar-refractivity contribution in [2.45, 2.75) is 50.5 Å². The lowest BCUT2D eigenvalue weighted by molar-refractivity contribution is -0.138. The number of piperidine rings is 2. The summed E-state index contributed by atoms with van der Waals surface area (Å²) in [5.74, 6) is 0.332. The van der Waals surface area contributed by atoms with Gasteiger partial charge < -0.3 is 15.4 Å². The summed E-state index contributed by atoms with van der Waals surface area (Å²) >= 11 is 0. The van der Waals surface area contributed by atoms with E-state index in [-0.39, 0.29) is 17.7 Å². The summed E-state index contributed by atoms with van der Waals surface area (Å²) in [5, 5.41) is 2.30. The molecule has 3 rings (SSSR count). The number of ether oxygens (including phenoxy) is 1. The van der Waals surface area contributed by atoms with Gasteiger partial charge >= 0.3 is 0 Å². The van der Waals surface area contributed by atoms with Crippen molar-refractivity contribution in [3.63, 3.8) is 0 Å². The second-order valence-corrected chi connectivity index (χ2v) is 7.31. The van der Waals surface area contributed by atoms with Crippen LogP contribution in [0.1, 0.15) is 50.0 Å². The van der Waals surface area contributed by atoms with Crippen LogP contribution in [0.15, 0.2) is 24.3 Å². The van der Waals surface area contributed by atoms with Crippen LogP contribution in [0.25, 0.3) is 0 Å². The van der Waals surface area contributed by atoms with Gasteiger partial charge in [0.05, 0.1) is 0 Å². The van der Waals surface area contributed by atoms with Crippen molar-refractivity contribution >= 4 is 17.7 Å². The third-order valence-electron chi connectivity index (χ3n) is 5.30. The molecule has 0 aliphatic carbocycles. The maximum absolute atomic E-state index is 11.8. The van der Waals surface area contributed by atoms with Gasteiger partial charge in [-0.1, -0.05) is 12.1 Å². The van der Waals surface area contributed by atoms with E-state index in [0.29, 0.717) is 30.9 Å². The van der Waals surface area contributed by atoms with Gasteiger partial charge in [-0.2, -0.15) is 0 Å². The Bertz CT molecular complexity index is 681. The van der Waals surface area contributed by atoms with Crippen LogP contribution in [0.2, 0.25) is 0 Å². The molecule has 2 saturated heterocycles. The predicted octanol–water partition coefficient (Wildman–Crippen LogP) is 1.32. The molecule has 2 heterocycles. The van der Waals surface area contributed by atoms with Crippen molar-refractivity contribution in [1.29, 1.82) is 0 Å².